The Hall–Kier alpha value is -3.38. The number of esters is 2. The number of hydrogen-bond acceptors (Lipinski definition) is 11. The quantitative estimate of drug-likeness (QED) is 0.373. The van der Waals surface area contributed by atoms with Crippen LogP contribution < -0.4 is 4.74 Å². The van der Waals surface area contributed by atoms with Crippen molar-refractivity contribution < 1.29 is 54.1 Å². The number of aliphatic hydroxyl groups is 3. The summed E-state index contributed by atoms with van der Waals surface area (Å²) in [6.07, 6.45) is -7.94. The van der Waals surface area contributed by atoms with Gasteiger partial charge in [-0.3, -0.25) is 0 Å². The van der Waals surface area contributed by atoms with Crippen LogP contribution in [0.1, 0.15) is 20.7 Å². The lowest BCUT2D eigenvalue weighted by Gasteiger charge is -2.39. The van der Waals surface area contributed by atoms with Crippen molar-refractivity contribution in [2.75, 3.05) is 13.7 Å². The molecule has 0 aromatic heterocycles. The van der Waals surface area contributed by atoms with Crippen LogP contribution in [0.25, 0.3) is 0 Å². The number of phenols is 2. The molecule has 1 aliphatic heterocycles. The molecule has 32 heavy (non-hydrogen) atoms. The maximum Gasteiger partial charge on any atom is 0.338 e. The predicted molar refractivity (Wildman–Crippen MR) is 105 cm³/mol. The Morgan fingerprint density at radius 1 is 0.906 bits per heavy atom. The second-order valence-electron chi connectivity index (χ2n) is 6.95. The van der Waals surface area contributed by atoms with E-state index in [0.717, 1.165) is 6.07 Å². The van der Waals surface area contributed by atoms with Gasteiger partial charge in [-0.2, -0.15) is 0 Å². The van der Waals surface area contributed by atoms with Crippen LogP contribution in [0.5, 0.6) is 17.2 Å². The van der Waals surface area contributed by atoms with Crippen molar-refractivity contribution in [2.24, 2.45) is 0 Å². The van der Waals surface area contributed by atoms with Gasteiger partial charge in [0.05, 0.1) is 18.2 Å². The lowest BCUT2D eigenvalue weighted by molar-refractivity contribution is -0.277. The van der Waals surface area contributed by atoms with Crippen LogP contribution in [0.15, 0.2) is 42.5 Å². The summed E-state index contributed by atoms with van der Waals surface area (Å²) in [7, 11) is 1.17. The summed E-state index contributed by atoms with van der Waals surface area (Å²) in [6, 6.07) is 8.85. The number of carbonyl (C=O) groups is 2. The fraction of sp³-hybridized carbons (Fsp3) is 0.333. The zero-order chi connectivity index (χ0) is 23.4. The predicted octanol–water partition coefficient (Wildman–Crippen LogP) is -0.0722. The van der Waals surface area contributed by atoms with Crippen molar-refractivity contribution in [3.8, 4) is 17.2 Å². The van der Waals surface area contributed by atoms with Crippen molar-refractivity contribution in [3.63, 3.8) is 0 Å². The van der Waals surface area contributed by atoms with Gasteiger partial charge in [0.15, 0.2) is 11.5 Å². The van der Waals surface area contributed by atoms with E-state index in [1.807, 2.05) is 0 Å². The molecule has 0 aliphatic carbocycles. The van der Waals surface area contributed by atoms with Gasteiger partial charge in [0.25, 0.3) is 0 Å². The topological polar surface area (TPSA) is 172 Å². The van der Waals surface area contributed by atoms with E-state index < -0.39 is 49.3 Å². The highest BCUT2D eigenvalue weighted by Gasteiger charge is 2.45. The fourth-order valence-electron chi connectivity index (χ4n) is 2.97. The van der Waals surface area contributed by atoms with Gasteiger partial charge in [0.2, 0.25) is 6.29 Å². The number of hydrogen-bond donors (Lipinski definition) is 5. The third-order valence-electron chi connectivity index (χ3n) is 4.77. The van der Waals surface area contributed by atoms with Crippen molar-refractivity contribution in [1.82, 2.24) is 0 Å². The molecule has 0 saturated carbocycles. The van der Waals surface area contributed by atoms with Crippen LogP contribution in [0.3, 0.4) is 0 Å². The average molecular weight is 450 g/mol. The van der Waals surface area contributed by atoms with Gasteiger partial charge in [0.1, 0.15) is 36.8 Å². The molecule has 1 fully saturated rings. The Balaban J connectivity index is 1.70. The van der Waals surface area contributed by atoms with Crippen LogP contribution in [-0.4, -0.2) is 81.9 Å². The van der Waals surface area contributed by atoms with E-state index in [0.29, 0.717) is 0 Å². The summed E-state index contributed by atoms with van der Waals surface area (Å²) in [6.45, 7) is -0.501. The van der Waals surface area contributed by atoms with Crippen molar-refractivity contribution >= 4 is 11.9 Å². The maximum absolute atomic E-state index is 12.1. The monoisotopic (exact) mass is 450 g/mol. The van der Waals surface area contributed by atoms with Gasteiger partial charge in [-0.05, 0) is 42.5 Å². The smallest absolute Gasteiger partial charge is 0.338 e. The first kappa shape index (κ1) is 23.3. The largest absolute Gasteiger partial charge is 0.508 e. The first-order valence-corrected chi connectivity index (χ1v) is 9.45. The molecule has 11 nitrogen and oxygen atoms in total. The minimum atomic E-state index is -1.73. The average Bonchev–Trinajstić information content (AvgIpc) is 2.79. The molecule has 11 heteroatoms. The molecule has 5 atom stereocenters. The molecule has 2 aromatic rings. The van der Waals surface area contributed by atoms with Gasteiger partial charge in [-0.25, -0.2) is 9.59 Å². The second kappa shape index (κ2) is 9.83. The lowest BCUT2D eigenvalue weighted by Crippen LogP contribution is -2.60. The first-order valence-electron chi connectivity index (χ1n) is 9.45. The highest BCUT2D eigenvalue weighted by atomic mass is 16.7. The standard InChI is InChI=1S/C21H22O11/c1-29-19(27)11-4-7-13(23)14(8-11)31-21-18(26)17(25)16(24)15(32-21)9-30-20(28)10-2-5-12(22)6-3-10/h2-8,15-18,21-26H,9H2,1H3/t15-,16-,17+,18-,21+/m1/s1. The number of ether oxygens (including phenoxy) is 4. The number of benzene rings is 2. The van der Waals surface area contributed by atoms with Crippen molar-refractivity contribution in [2.45, 2.75) is 30.7 Å². The molecule has 0 unspecified atom stereocenters. The minimum absolute atomic E-state index is 0.0378. The van der Waals surface area contributed by atoms with Gasteiger partial charge in [0, 0.05) is 0 Å². The summed E-state index contributed by atoms with van der Waals surface area (Å²) in [5, 5.41) is 49.8. The van der Waals surface area contributed by atoms with Crippen molar-refractivity contribution in [3.05, 3.63) is 53.6 Å². The van der Waals surface area contributed by atoms with Crippen molar-refractivity contribution in [1.29, 1.82) is 0 Å². The molecule has 0 amide bonds. The molecule has 1 heterocycles. The molecule has 3 rings (SSSR count). The van der Waals surface area contributed by atoms with E-state index in [4.69, 9.17) is 14.2 Å². The van der Waals surface area contributed by atoms with E-state index >= 15 is 0 Å². The van der Waals surface area contributed by atoms with Crippen LogP contribution in [0.4, 0.5) is 0 Å². The summed E-state index contributed by atoms with van der Waals surface area (Å²) in [5.74, 6) is -2.15. The molecule has 5 N–H and O–H groups in total. The Kier molecular flexibility index (Phi) is 7.15. The Labute approximate surface area is 182 Å². The Morgan fingerprint density at radius 2 is 1.56 bits per heavy atom. The van der Waals surface area contributed by atoms with Crippen LogP contribution in [0.2, 0.25) is 0 Å². The molecular formula is C21H22O11. The molecule has 0 radical (unpaired) electrons. The lowest BCUT2D eigenvalue weighted by atomic mass is 9.99. The normalized spacial score (nSPS) is 25.1. The van der Waals surface area contributed by atoms with Crippen LogP contribution in [0, 0.1) is 0 Å². The number of methoxy groups -OCH3 is 1. The first-order chi connectivity index (χ1) is 15.2. The molecule has 0 spiro atoms. The summed E-state index contributed by atoms with van der Waals surface area (Å²) in [4.78, 5) is 23.8. The van der Waals surface area contributed by atoms with Crippen LogP contribution >= 0.6 is 0 Å². The molecule has 172 valence electrons. The van der Waals surface area contributed by atoms with E-state index in [9.17, 15) is 35.1 Å². The van der Waals surface area contributed by atoms with E-state index in [-0.39, 0.29) is 28.4 Å². The molecule has 0 bridgehead atoms. The highest BCUT2D eigenvalue weighted by molar-refractivity contribution is 5.90. The van der Waals surface area contributed by atoms with E-state index in [1.54, 1.807) is 0 Å². The number of aliphatic hydroxyl groups excluding tert-OH is 3. The second-order valence-corrected chi connectivity index (χ2v) is 6.95. The number of rotatable bonds is 6. The summed E-state index contributed by atoms with van der Waals surface area (Å²) >= 11 is 0. The zero-order valence-electron chi connectivity index (χ0n) is 16.8. The zero-order valence-corrected chi connectivity index (χ0v) is 16.8. The summed E-state index contributed by atoms with van der Waals surface area (Å²) in [5.41, 5.74) is 0.177. The maximum atomic E-state index is 12.1. The fourth-order valence-corrected chi connectivity index (χ4v) is 2.97. The minimum Gasteiger partial charge on any atom is -0.508 e. The Morgan fingerprint density at radius 3 is 2.22 bits per heavy atom. The number of carbonyl (C=O) groups excluding carboxylic acids is 2. The van der Waals surface area contributed by atoms with Crippen LogP contribution in [-0.2, 0) is 14.2 Å². The van der Waals surface area contributed by atoms with Gasteiger partial charge in [-0.1, -0.05) is 0 Å². The van der Waals surface area contributed by atoms with Gasteiger partial charge < -0.3 is 44.5 Å². The van der Waals surface area contributed by atoms with E-state index in [2.05, 4.69) is 4.74 Å². The van der Waals surface area contributed by atoms with Gasteiger partial charge in [-0.15, -0.1) is 0 Å². The third-order valence-corrected chi connectivity index (χ3v) is 4.77. The number of phenolic OH excluding ortho intramolecular Hbond substituents is 2. The number of aromatic hydroxyl groups is 2. The van der Waals surface area contributed by atoms with E-state index in [1.165, 1.54) is 43.5 Å². The third kappa shape index (κ3) is 5.08. The van der Waals surface area contributed by atoms with Gasteiger partial charge >= 0.3 is 11.9 Å². The highest BCUT2D eigenvalue weighted by Crippen LogP contribution is 2.31. The summed E-state index contributed by atoms with van der Waals surface area (Å²) < 4.78 is 20.5. The molecular weight excluding hydrogens is 428 g/mol. The Bertz CT molecular complexity index is 959. The molecule has 1 saturated heterocycles. The molecule has 1 aliphatic rings. The SMILES string of the molecule is COC(=O)c1ccc(O)c(O[C@H]2O[C@H](COC(=O)c3ccc(O)cc3)[C@@H](O)[C@H](O)[C@H]2O)c1. The molecule has 2 aromatic carbocycles.